The Labute approximate surface area is 78.1 Å². The molecule has 0 radical (unpaired) electrons. The van der Waals surface area contributed by atoms with Gasteiger partial charge in [-0.05, 0) is 24.5 Å². The van der Waals surface area contributed by atoms with E-state index in [4.69, 9.17) is 0 Å². The third-order valence-corrected chi connectivity index (χ3v) is 1.09. The van der Waals surface area contributed by atoms with Crippen LogP contribution in [0.5, 0.6) is 0 Å². The highest BCUT2D eigenvalue weighted by molar-refractivity contribution is 5.18. The maximum Gasteiger partial charge on any atom is 0.154 e. The third-order valence-electron chi connectivity index (χ3n) is 1.09. The first-order valence-electron chi connectivity index (χ1n) is 4.19. The predicted molar refractivity (Wildman–Crippen MR) is 50.5 cm³/mol. The van der Waals surface area contributed by atoms with Crippen LogP contribution in [-0.4, -0.2) is 7.18 Å². The van der Waals surface area contributed by atoms with Gasteiger partial charge in [-0.15, -0.1) is 0 Å². The lowest BCUT2D eigenvalue weighted by Gasteiger charge is -1.96. The summed E-state index contributed by atoms with van der Waals surface area (Å²) in [5.41, 5.74) is 0. The molecule has 0 aliphatic carbocycles. The summed E-state index contributed by atoms with van der Waals surface area (Å²) < 4.78 is 34.7. The topological polar surface area (TPSA) is 0 Å². The van der Waals surface area contributed by atoms with Gasteiger partial charge in [0, 0.05) is 0 Å². The smallest absolute Gasteiger partial charge is 0.154 e. The van der Waals surface area contributed by atoms with Crippen molar-refractivity contribution in [2.75, 3.05) is 7.18 Å². The number of halogens is 3. The molecule has 0 aliphatic rings. The van der Waals surface area contributed by atoms with Gasteiger partial charge in [-0.2, -0.15) is 0 Å². The fraction of sp³-hybridized carbons (Fsp3) is 0.600. The standard InChI is InChI=1S/C9H14F2.CH3F/c1-4-5-8(10)9(11)6-7(2)3;1-2/h5-7H,4H2,1-3H3;1H3/b8-5+,9-6+;. The summed E-state index contributed by atoms with van der Waals surface area (Å²) in [5.74, 6) is -1.45. The Morgan fingerprint density at radius 2 is 1.62 bits per heavy atom. The van der Waals surface area contributed by atoms with Gasteiger partial charge in [-0.25, -0.2) is 8.78 Å². The van der Waals surface area contributed by atoms with Gasteiger partial charge in [0.1, 0.15) is 0 Å². The Balaban J connectivity index is 0. The molecule has 13 heavy (non-hydrogen) atoms. The molecule has 0 N–H and O–H groups in total. The van der Waals surface area contributed by atoms with Crippen LogP contribution in [0.4, 0.5) is 13.2 Å². The number of rotatable bonds is 3. The van der Waals surface area contributed by atoms with Crippen molar-refractivity contribution >= 4 is 0 Å². The molecule has 0 fully saturated rings. The highest BCUT2D eigenvalue weighted by atomic mass is 19.2. The molecule has 0 rings (SSSR count). The molecule has 0 spiro atoms. The van der Waals surface area contributed by atoms with Gasteiger partial charge in [0.2, 0.25) is 0 Å². The molecule has 0 unspecified atom stereocenters. The Morgan fingerprint density at radius 1 is 1.15 bits per heavy atom. The second-order valence-corrected chi connectivity index (χ2v) is 2.72. The van der Waals surface area contributed by atoms with Crippen LogP contribution in [-0.2, 0) is 0 Å². The first-order chi connectivity index (χ1) is 6.07. The summed E-state index contributed by atoms with van der Waals surface area (Å²) in [7, 11) is 0.500. The minimum Gasteiger partial charge on any atom is -0.255 e. The van der Waals surface area contributed by atoms with E-state index in [0.717, 1.165) is 0 Å². The Morgan fingerprint density at radius 3 is 1.92 bits per heavy atom. The van der Waals surface area contributed by atoms with Gasteiger partial charge >= 0.3 is 0 Å². The molecule has 0 aromatic heterocycles. The lowest BCUT2D eigenvalue weighted by Crippen LogP contribution is -1.83. The van der Waals surface area contributed by atoms with Crippen LogP contribution in [0.25, 0.3) is 0 Å². The molecule has 78 valence electrons. The Kier molecular flexibility index (Phi) is 10.6. The van der Waals surface area contributed by atoms with Gasteiger partial charge in [0.15, 0.2) is 11.7 Å². The van der Waals surface area contributed by atoms with E-state index in [-0.39, 0.29) is 5.92 Å². The average molecular weight is 194 g/mol. The highest BCUT2D eigenvalue weighted by Crippen LogP contribution is 2.15. The third kappa shape index (κ3) is 9.18. The quantitative estimate of drug-likeness (QED) is 0.586. The summed E-state index contributed by atoms with van der Waals surface area (Å²) in [6.45, 7) is 5.37. The molecular formula is C10H17F3. The van der Waals surface area contributed by atoms with E-state index in [2.05, 4.69) is 0 Å². The molecule has 0 nitrogen and oxygen atoms in total. The Hall–Kier alpha value is -0.730. The molecule has 0 bridgehead atoms. The van der Waals surface area contributed by atoms with Crippen LogP contribution in [0.2, 0.25) is 0 Å². The molecule has 3 heteroatoms. The molecule has 0 saturated heterocycles. The normalized spacial score (nSPS) is 12.6. The summed E-state index contributed by atoms with van der Waals surface area (Å²) in [6.07, 6.45) is 3.01. The van der Waals surface area contributed by atoms with E-state index in [1.54, 1.807) is 20.8 Å². The van der Waals surface area contributed by atoms with Crippen molar-refractivity contribution in [2.24, 2.45) is 5.92 Å². The van der Waals surface area contributed by atoms with Gasteiger partial charge in [-0.1, -0.05) is 20.8 Å². The van der Waals surface area contributed by atoms with Crippen molar-refractivity contribution in [2.45, 2.75) is 27.2 Å². The Bertz CT molecular complexity index is 169. The van der Waals surface area contributed by atoms with E-state index in [0.29, 0.717) is 13.6 Å². The second kappa shape index (κ2) is 9.36. The first-order valence-corrected chi connectivity index (χ1v) is 4.19. The zero-order valence-corrected chi connectivity index (χ0v) is 8.57. The number of hydrogen-bond acceptors (Lipinski definition) is 0. The van der Waals surface area contributed by atoms with Crippen molar-refractivity contribution in [1.82, 2.24) is 0 Å². The zero-order valence-electron chi connectivity index (χ0n) is 8.57. The predicted octanol–water partition coefficient (Wildman–Crippen LogP) is 4.34. The van der Waals surface area contributed by atoms with Crippen molar-refractivity contribution in [3.63, 3.8) is 0 Å². The monoisotopic (exact) mass is 194 g/mol. The summed E-state index contributed by atoms with van der Waals surface area (Å²) in [5, 5.41) is 0. The van der Waals surface area contributed by atoms with Crippen molar-refractivity contribution < 1.29 is 13.2 Å². The molecule has 0 aromatic carbocycles. The van der Waals surface area contributed by atoms with Crippen LogP contribution in [0.15, 0.2) is 23.8 Å². The summed E-state index contributed by atoms with van der Waals surface area (Å²) in [4.78, 5) is 0. The van der Waals surface area contributed by atoms with Crippen LogP contribution in [0, 0.1) is 5.92 Å². The molecule has 0 saturated carbocycles. The van der Waals surface area contributed by atoms with E-state index in [1.165, 1.54) is 12.2 Å². The molecular weight excluding hydrogens is 177 g/mol. The van der Waals surface area contributed by atoms with E-state index < -0.39 is 11.7 Å². The molecule has 0 amide bonds. The zero-order chi connectivity index (χ0) is 10.9. The van der Waals surface area contributed by atoms with Gasteiger partial charge in [0.25, 0.3) is 0 Å². The number of hydrogen-bond donors (Lipinski definition) is 0. The lowest BCUT2D eigenvalue weighted by molar-refractivity contribution is 0.532. The van der Waals surface area contributed by atoms with Gasteiger partial charge in [0.05, 0.1) is 7.18 Å². The van der Waals surface area contributed by atoms with E-state index in [1.807, 2.05) is 0 Å². The van der Waals surface area contributed by atoms with Gasteiger partial charge < -0.3 is 0 Å². The van der Waals surface area contributed by atoms with Crippen LogP contribution in [0.3, 0.4) is 0 Å². The summed E-state index contributed by atoms with van der Waals surface area (Å²) >= 11 is 0. The fourth-order valence-electron chi connectivity index (χ4n) is 0.649. The maximum absolute atomic E-state index is 12.7. The number of alkyl halides is 1. The van der Waals surface area contributed by atoms with Crippen molar-refractivity contribution in [3.05, 3.63) is 23.8 Å². The molecule has 0 aliphatic heterocycles. The SMILES string of the molecule is CC/C=C(F)\C(F)=C/C(C)C.CF. The first kappa shape index (κ1) is 14.8. The fourth-order valence-corrected chi connectivity index (χ4v) is 0.649. The van der Waals surface area contributed by atoms with Crippen molar-refractivity contribution in [3.8, 4) is 0 Å². The summed E-state index contributed by atoms with van der Waals surface area (Å²) in [6, 6.07) is 0. The maximum atomic E-state index is 12.7. The molecule has 0 heterocycles. The van der Waals surface area contributed by atoms with Crippen LogP contribution >= 0.6 is 0 Å². The minimum absolute atomic E-state index is 0.0472. The molecule has 0 aromatic rings. The van der Waals surface area contributed by atoms with Crippen molar-refractivity contribution in [1.29, 1.82) is 0 Å². The van der Waals surface area contributed by atoms with Crippen LogP contribution in [0.1, 0.15) is 27.2 Å². The van der Waals surface area contributed by atoms with Gasteiger partial charge in [-0.3, -0.25) is 4.39 Å². The van der Waals surface area contributed by atoms with E-state index in [9.17, 15) is 13.2 Å². The number of allylic oxidation sites excluding steroid dienone is 4. The van der Waals surface area contributed by atoms with Crippen LogP contribution < -0.4 is 0 Å². The largest absolute Gasteiger partial charge is 0.255 e. The lowest BCUT2D eigenvalue weighted by atomic mass is 10.2. The minimum atomic E-state index is -0.749. The highest BCUT2D eigenvalue weighted by Gasteiger charge is 2.01. The molecule has 0 atom stereocenters. The average Bonchev–Trinajstić information content (AvgIpc) is 2.07. The second-order valence-electron chi connectivity index (χ2n) is 2.72. The van der Waals surface area contributed by atoms with E-state index >= 15 is 0 Å².